The van der Waals surface area contributed by atoms with Gasteiger partial charge < -0.3 is 10.6 Å². The van der Waals surface area contributed by atoms with Crippen LogP contribution in [0.1, 0.15) is 21.6 Å². The zero-order valence-corrected chi connectivity index (χ0v) is 12.9. The lowest BCUT2D eigenvalue weighted by Gasteiger charge is -2.09. The van der Waals surface area contributed by atoms with Crippen LogP contribution >= 0.6 is 0 Å². The Labute approximate surface area is 129 Å². The van der Waals surface area contributed by atoms with Crippen LogP contribution in [0.25, 0.3) is 10.9 Å². The standard InChI is InChI=1S/C17H19N3O2/c1-11-6-4-7-13-14(10-12(2)20-16(11)13)17(22)19-9-5-8-15(21)18-3/h4-8,10H,9H2,1-3H3,(H,18,21)(H,19,22)/b8-5+. The van der Waals surface area contributed by atoms with Crippen molar-refractivity contribution >= 4 is 22.7 Å². The summed E-state index contributed by atoms with van der Waals surface area (Å²) >= 11 is 0. The lowest BCUT2D eigenvalue weighted by molar-refractivity contribution is -0.116. The molecule has 5 nitrogen and oxygen atoms in total. The highest BCUT2D eigenvalue weighted by atomic mass is 16.2. The monoisotopic (exact) mass is 297 g/mol. The number of fused-ring (bicyclic) bond motifs is 1. The van der Waals surface area contributed by atoms with Crippen molar-refractivity contribution in [3.8, 4) is 0 Å². The van der Waals surface area contributed by atoms with Gasteiger partial charge in [-0.05, 0) is 25.5 Å². The minimum absolute atomic E-state index is 0.178. The van der Waals surface area contributed by atoms with E-state index in [9.17, 15) is 9.59 Å². The summed E-state index contributed by atoms with van der Waals surface area (Å²) in [6.45, 7) is 4.14. The molecule has 2 rings (SSSR count). The maximum atomic E-state index is 12.4. The third kappa shape index (κ3) is 3.49. The van der Waals surface area contributed by atoms with E-state index in [1.807, 2.05) is 32.0 Å². The molecule has 2 N–H and O–H groups in total. The summed E-state index contributed by atoms with van der Waals surface area (Å²) in [5.41, 5.74) is 3.27. The van der Waals surface area contributed by atoms with Gasteiger partial charge >= 0.3 is 0 Å². The number of benzene rings is 1. The molecule has 0 radical (unpaired) electrons. The van der Waals surface area contributed by atoms with E-state index < -0.39 is 0 Å². The molecule has 0 spiro atoms. The van der Waals surface area contributed by atoms with Crippen LogP contribution in [0.4, 0.5) is 0 Å². The summed E-state index contributed by atoms with van der Waals surface area (Å²) in [6.07, 6.45) is 3.00. The average molecular weight is 297 g/mol. The Morgan fingerprint density at radius 1 is 1.27 bits per heavy atom. The molecule has 2 amide bonds. The molecule has 0 aliphatic heterocycles. The third-order valence-corrected chi connectivity index (χ3v) is 3.31. The molecular formula is C17H19N3O2. The maximum absolute atomic E-state index is 12.4. The number of rotatable bonds is 4. The molecule has 0 bridgehead atoms. The summed E-state index contributed by atoms with van der Waals surface area (Å²) < 4.78 is 0. The molecule has 2 aromatic rings. The third-order valence-electron chi connectivity index (χ3n) is 3.31. The predicted octanol–water partition coefficient (Wildman–Crippen LogP) is 1.88. The van der Waals surface area contributed by atoms with Gasteiger partial charge in [0, 0.05) is 30.7 Å². The van der Waals surface area contributed by atoms with Crippen molar-refractivity contribution in [2.24, 2.45) is 0 Å². The van der Waals surface area contributed by atoms with Gasteiger partial charge in [-0.3, -0.25) is 14.6 Å². The largest absolute Gasteiger partial charge is 0.356 e. The second-order valence-electron chi connectivity index (χ2n) is 5.01. The Morgan fingerprint density at radius 2 is 2.05 bits per heavy atom. The first-order valence-electron chi connectivity index (χ1n) is 7.06. The first-order valence-corrected chi connectivity index (χ1v) is 7.06. The van der Waals surface area contributed by atoms with Crippen molar-refractivity contribution in [3.05, 3.63) is 53.2 Å². The van der Waals surface area contributed by atoms with Gasteiger partial charge in [0.1, 0.15) is 0 Å². The molecule has 0 atom stereocenters. The van der Waals surface area contributed by atoms with E-state index in [-0.39, 0.29) is 11.8 Å². The van der Waals surface area contributed by atoms with Crippen LogP contribution in [0, 0.1) is 13.8 Å². The van der Waals surface area contributed by atoms with Crippen LogP contribution in [-0.2, 0) is 4.79 Å². The van der Waals surface area contributed by atoms with E-state index in [1.165, 1.54) is 6.08 Å². The number of para-hydroxylation sites is 1. The van der Waals surface area contributed by atoms with Crippen molar-refractivity contribution in [3.63, 3.8) is 0 Å². The van der Waals surface area contributed by atoms with Gasteiger partial charge in [-0.25, -0.2) is 0 Å². The van der Waals surface area contributed by atoms with E-state index in [2.05, 4.69) is 15.6 Å². The molecule has 0 aliphatic carbocycles. The second-order valence-corrected chi connectivity index (χ2v) is 5.01. The lowest BCUT2D eigenvalue weighted by Crippen LogP contribution is -2.24. The minimum Gasteiger partial charge on any atom is -0.356 e. The molecular weight excluding hydrogens is 278 g/mol. The fourth-order valence-electron chi connectivity index (χ4n) is 2.20. The van der Waals surface area contributed by atoms with Crippen LogP contribution in [0.3, 0.4) is 0 Å². The summed E-state index contributed by atoms with van der Waals surface area (Å²) in [6, 6.07) is 7.56. The number of aryl methyl sites for hydroxylation is 2. The number of carbonyl (C=O) groups is 2. The van der Waals surface area contributed by atoms with Crippen molar-refractivity contribution in [1.82, 2.24) is 15.6 Å². The zero-order valence-electron chi connectivity index (χ0n) is 12.9. The van der Waals surface area contributed by atoms with Gasteiger partial charge in [-0.1, -0.05) is 24.3 Å². The molecule has 5 heteroatoms. The van der Waals surface area contributed by atoms with E-state index >= 15 is 0 Å². The van der Waals surface area contributed by atoms with Crippen LogP contribution in [0.15, 0.2) is 36.4 Å². The van der Waals surface area contributed by atoms with Crippen molar-refractivity contribution < 1.29 is 9.59 Å². The number of aromatic nitrogens is 1. The Morgan fingerprint density at radius 3 is 2.77 bits per heavy atom. The molecule has 1 heterocycles. The molecule has 0 aliphatic rings. The van der Waals surface area contributed by atoms with Crippen molar-refractivity contribution in [1.29, 1.82) is 0 Å². The summed E-state index contributed by atoms with van der Waals surface area (Å²) in [5, 5.41) is 6.09. The molecule has 0 saturated carbocycles. The smallest absolute Gasteiger partial charge is 0.252 e. The SMILES string of the molecule is CNC(=O)/C=C/CNC(=O)c1cc(C)nc2c(C)cccc12. The van der Waals surface area contributed by atoms with Crippen LogP contribution in [0.5, 0.6) is 0 Å². The molecule has 0 saturated heterocycles. The van der Waals surface area contributed by atoms with Crippen molar-refractivity contribution in [2.45, 2.75) is 13.8 Å². The lowest BCUT2D eigenvalue weighted by atomic mass is 10.0. The molecule has 22 heavy (non-hydrogen) atoms. The van der Waals surface area contributed by atoms with Gasteiger partial charge in [0.2, 0.25) is 5.91 Å². The highest BCUT2D eigenvalue weighted by molar-refractivity contribution is 6.06. The number of nitrogens with zero attached hydrogens (tertiary/aromatic N) is 1. The number of nitrogens with one attached hydrogen (secondary N) is 2. The zero-order chi connectivity index (χ0) is 16.1. The fraction of sp³-hybridized carbons (Fsp3) is 0.235. The Bertz CT molecular complexity index is 751. The topological polar surface area (TPSA) is 71.1 Å². The Kier molecular flexibility index (Phi) is 4.88. The first-order chi connectivity index (χ1) is 10.5. The van der Waals surface area contributed by atoms with Crippen LogP contribution in [0.2, 0.25) is 0 Å². The van der Waals surface area contributed by atoms with Gasteiger partial charge in [-0.15, -0.1) is 0 Å². The molecule has 1 aromatic carbocycles. The Hall–Kier alpha value is -2.69. The number of hydrogen-bond acceptors (Lipinski definition) is 3. The number of amides is 2. The van der Waals surface area contributed by atoms with E-state index in [4.69, 9.17) is 0 Å². The average Bonchev–Trinajstić information content (AvgIpc) is 2.51. The molecule has 0 fully saturated rings. The number of carbonyl (C=O) groups excluding carboxylic acids is 2. The number of pyridine rings is 1. The predicted molar refractivity (Wildman–Crippen MR) is 86.8 cm³/mol. The summed E-state index contributed by atoms with van der Waals surface area (Å²) in [5.74, 6) is -0.377. The summed E-state index contributed by atoms with van der Waals surface area (Å²) in [7, 11) is 1.56. The highest BCUT2D eigenvalue weighted by Gasteiger charge is 2.12. The van der Waals surface area contributed by atoms with Gasteiger partial charge in [0.15, 0.2) is 0 Å². The van der Waals surface area contributed by atoms with Crippen LogP contribution in [-0.4, -0.2) is 30.4 Å². The fourth-order valence-corrected chi connectivity index (χ4v) is 2.20. The normalized spacial score (nSPS) is 10.9. The minimum atomic E-state index is -0.199. The Balaban J connectivity index is 2.23. The van der Waals surface area contributed by atoms with Gasteiger partial charge in [0.25, 0.3) is 5.91 Å². The van der Waals surface area contributed by atoms with Crippen molar-refractivity contribution in [2.75, 3.05) is 13.6 Å². The summed E-state index contributed by atoms with van der Waals surface area (Å²) in [4.78, 5) is 27.9. The molecule has 0 unspecified atom stereocenters. The maximum Gasteiger partial charge on any atom is 0.252 e. The van der Waals surface area contributed by atoms with Gasteiger partial charge in [-0.2, -0.15) is 0 Å². The number of likely N-dealkylation sites (N-methyl/N-ethyl adjacent to an activating group) is 1. The second kappa shape index (κ2) is 6.85. The van der Waals surface area contributed by atoms with E-state index in [0.717, 1.165) is 22.2 Å². The molecule has 1 aromatic heterocycles. The van der Waals surface area contributed by atoms with Gasteiger partial charge in [0.05, 0.1) is 11.1 Å². The highest BCUT2D eigenvalue weighted by Crippen LogP contribution is 2.21. The van der Waals surface area contributed by atoms with Crippen LogP contribution < -0.4 is 10.6 Å². The number of hydrogen-bond donors (Lipinski definition) is 2. The van der Waals surface area contributed by atoms with E-state index in [1.54, 1.807) is 19.2 Å². The quantitative estimate of drug-likeness (QED) is 0.847. The first kappa shape index (κ1) is 15.7. The molecule has 114 valence electrons. The van der Waals surface area contributed by atoms with E-state index in [0.29, 0.717) is 12.1 Å².